The van der Waals surface area contributed by atoms with Crippen LogP contribution in [0.2, 0.25) is 0 Å². The highest BCUT2D eigenvalue weighted by molar-refractivity contribution is 5.94. The molecule has 1 atom stereocenters. The zero-order valence-electron chi connectivity index (χ0n) is 16.0. The van der Waals surface area contributed by atoms with Crippen LogP contribution in [0, 0.1) is 0 Å². The summed E-state index contributed by atoms with van der Waals surface area (Å²) in [5.41, 5.74) is 2.81. The Labute approximate surface area is 156 Å². The lowest BCUT2D eigenvalue weighted by molar-refractivity contribution is 0.0937. The van der Waals surface area contributed by atoms with Crippen molar-refractivity contribution in [3.63, 3.8) is 0 Å². The quantitative estimate of drug-likeness (QED) is 0.644. The first kappa shape index (κ1) is 20.0. The van der Waals surface area contributed by atoms with Gasteiger partial charge in [0.15, 0.2) is 0 Å². The Morgan fingerprint density at radius 3 is 2.62 bits per heavy atom. The normalized spacial score (nSPS) is 11.8. The van der Waals surface area contributed by atoms with E-state index in [9.17, 15) is 4.79 Å². The molecule has 0 aliphatic carbocycles. The summed E-state index contributed by atoms with van der Waals surface area (Å²) in [5.74, 6) is 0.680. The highest BCUT2D eigenvalue weighted by Gasteiger charge is 2.13. The van der Waals surface area contributed by atoms with Gasteiger partial charge in [0, 0.05) is 23.8 Å². The molecule has 0 heterocycles. The molecular weight excluding hydrogens is 326 g/mol. The number of methoxy groups -OCH3 is 1. The summed E-state index contributed by atoms with van der Waals surface area (Å²) < 4.78 is 11.0. The Hall–Kier alpha value is -2.33. The van der Waals surface area contributed by atoms with E-state index < -0.39 is 0 Å². The standard InChI is InChI=1S/C22H29NO3/c1-4-14-26-16-20-15-19(12-13-21(20)25-3)22(24)23-17(2)10-11-18-8-6-5-7-9-18/h5-9,12-13,15,17H,4,10-11,14,16H2,1-3H3,(H,23,24). The molecule has 26 heavy (non-hydrogen) atoms. The molecule has 2 aromatic rings. The van der Waals surface area contributed by atoms with Crippen molar-refractivity contribution in [2.45, 2.75) is 45.8 Å². The summed E-state index contributed by atoms with van der Waals surface area (Å²) in [6.07, 6.45) is 2.81. The molecular formula is C22H29NO3. The SMILES string of the molecule is CCCOCc1cc(C(=O)NC(C)CCc2ccccc2)ccc1OC. The van der Waals surface area contributed by atoms with Crippen molar-refractivity contribution in [1.29, 1.82) is 0 Å². The predicted molar refractivity (Wildman–Crippen MR) is 105 cm³/mol. The third-order valence-corrected chi connectivity index (χ3v) is 4.23. The fourth-order valence-electron chi connectivity index (χ4n) is 2.77. The lowest BCUT2D eigenvalue weighted by atomic mass is 10.1. The second kappa shape index (κ2) is 10.6. The van der Waals surface area contributed by atoms with E-state index in [1.165, 1.54) is 5.56 Å². The van der Waals surface area contributed by atoms with Gasteiger partial charge in [0.25, 0.3) is 5.91 Å². The van der Waals surface area contributed by atoms with Crippen molar-refractivity contribution in [1.82, 2.24) is 5.32 Å². The van der Waals surface area contributed by atoms with E-state index in [0.29, 0.717) is 18.8 Å². The molecule has 0 bridgehead atoms. The third kappa shape index (κ3) is 6.19. The summed E-state index contributed by atoms with van der Waals surface area (Å²) in [6, 6.07) is 15.9. The molecule has 0 aliphatic rings. The van der Waals surface area contributed by atoms with Gasteiger partial charge in [-0.25, -0.2) is 0 Å². The summed E-state index contributed by atoms with van der Waals surface area (Å²) >= 11 is 0. The first-order valence-electron chi connectivity index (χ1n) is 9.23. The van der Waals surface area contributed by atoms with Crippen LogP contribution in [-0.2, 0) is 17.8 Å². The van der Waals surface area contributed by atoms with Gasteiger partial charge < -0.3 is 14.8 Å². The number of carbonyl (C=O) groups is 1. The monoisotopic (exact) mass is 355 g/mol. The minimum Gasteiger partial charge on any atom is -0.496 e. The highest BCUT2D eigenvalue weighted by atomic mass is 16.5. The average Bonchev–Trinajstić information content (AvgIpc) is 2.67. The van der Waals surface area contributed by atoms with Crippen LogP contribution < -0.4 is 10.1 Å². The first-order chi connectivity index (χ1) is 12.6. The maximum atomic E-state index is 12.6. The minimum absolute atomic E-state index is 0.0649. The Morgan fingerprint density at radius 1 is 1.15 bits per heavy atom. The Kier molecular flexibility index (Phi) is 8.16. The smallest absolute Gasteiger partial charge is 0.251 e. The number of ether oxygens (including phenoxy) is 2. The fourth-order valence-corrected chi connectivity index (χ4v) is 2.77. The molecule has 0 aromatic heterocycles. The van der Waals surface area contributed by atoms with Crippen LogP contribution in [0.3, 0.4) is 0 Å². The molecule has 0 radical (unpaired) electrons. The highest BCUT2D eigenvalue weighted by Crippen LogP contribution is 2.21. The van der Waals surface area contributed by atoms with E-state index in [1.807, 2.05) is 37.3 Å². The van der Waals surface area contributed by atoms with Gasteiger partial charge in [0.1, 0.15) is 5.75 Å². The molecule has 0 saturated heterocycles. The maximum absolute atomic E-state index is 12.6. The maximum Gasteiger partial charge on any atom is 0.251 e. The molecule has 0 fully saturated rings. The Balaban J connectivity index is 1.93. The van der Waals surface area contributed by atoms with Crippen LogP contribution in [0.4, 0.5) is 0 Å². The number of hydrogen-bond donors (Lipinski definition) is 1. The second-order valence-electron chi connectivity index (χ2n) is 6.48. The molecule has 2 rings (SSSR count). The van der Waals surface area contributed by atoms with Crippen LogP contribution in [0.1, 0.15) is 48.2 Å². The van der Waals surface area contributed by atoms with Gasteiger partial charge in [-0.05, 0) is 49.9 Å². The van der Waals surface area contributed by atoms with E-state index >= 15 is 0 Å². The molecule has 140 valence electrons. The summed E-state index contributed by atoms with van der Waals surface area (Å²) in [4.78, 5) is 12.6. The van der Waals surface area contributed by atoms with Crippen molar-refractivity contribution in [2.24, 2.45) is 0 Å². The Bertz CT molecular complexity index is 685. The summed E-state index contributed by atoms with van der Waals surface area (Å²) in [6.45, 7) is 5.24. The minimum atomic E-state index is -0.0649. The van der Waals surface area contributed by atoms with Crippen LogP contribution >= 0.6 is 0 Å². The van der Waals surface area contributed by atoms with Crippen molar-refractivity contribution >= 4 is 5.91 Å². The second-order valence-corrected chi connectivity index (χ2v) is 6.48. The molecule has 2 aromatic carbocycles. The van der Waals surface area contributed by atoms with Gasteiger partial charge in [-0.2, -0.15) is 0 Å². The predicted octanol–water partition coefficient (Wildman–Crippen LogP) is 4.37. The van der Waals surface area contributed by atoms with E-state index in [2.05, 4.69) is 24.4 Å². The number of carbonyl (C=O) groups excluding carboxylic acids is 1. The van der Waals surface area contributed by atoms with Crippen LogP contribution in [0.25, 0.3) is 0 Å². The molecule has 4 nitrogen and oxygen atoms in total. The zero-order chi connectivity index (χ0) is 18.8. The fraction of sp³-hybridized carbons (Fsp3) is 0.409. The molecule has 1 N–H and O–H groups in total. The lowest BCUT2D eigenvalue weighted by Crippen LogP contribution is -2.33. The lowest BCUT2D eigenvalue weighted by Gasteiger charge is -2.15. The van der Waals surface area contributed by atoms with E-state index in [-0.39, 0.29) is 11.9 Å². The largest absolute Gasteiger partial charge is 0.496 e. The average molecular weight is 355 g/mol. The van der Waals surface area contributed by atoms with E-state index in [0.717, 1.165) is 30.6 Å². The van der Waals surface area contributed by atoms with Gasteiger partial charge >= 0.3 is 0 Å². The van der Waals surface area contributed by atoms with Crippen molar-refractivity contribution in [3.8, 4) is 5.75 Å². The Morgan fingerprint density at radius 2 is 1.92 bits per heavy atom. The van der Waals surface area contributed by atoms with Gasteiger partial charge in [-0.15, -0.1) is 0 Å². The first-order valence-corrected chi connectivity index (χ1v) is 9.23. The van der Waals surface area contributed by atoms with Crippen LogP contribution in [-0.4, -0.2) is 25.7 Å². The number of rotatable bonds is 10. The van der Waals surface area contributed by atoms with Crippen molar-refractivity contribution < 1.29 is 14.3 Å². The van der Waals surface area contributed by atoms with Crippen molar-refractivity contribution in [3.05, 3.63) is 65.2 Å². The van der Waals surface area contributed by atoms with E-state index in [1.54, 1.807) is 13.2 Å². The van der Waals surface area contributed by atoms with Gasteiger partial charge in [0.2, 0.25) is 0 Å². The zero-order valence-corrected chi connectivity index (χ0v) is 16.0. The molecule has 0 spiro atoms. The van der Waals surface area contributed by atoms with Crippen molar-refractivity contribution in [2.75, 3.05) is 13.7 Å². The van der Waals surface area contributed by atoms with Crippen LogP contribution in [0.15, 0.2) is 48.5 Å². The summed E-state index contributed by atoms with van der Waals surface area (Å²) in [7, 11) is 1.63. The number of nitrogens with one attached hydrogen (secondary N) is 1. The topological polar surface area (TPSA) is 47.6 Å². The number of amides is 1. The number of hydrogen-bond acceptors (Lipinski definition) is 3. The molecule has 4 heteroatoms. The molecule has 0 aliphatic heterocycles. The van der Waals surface area contributed by atoms with Gasteiger partial charge in [-0.1, -0.05) is 37.3 Å². The molecule has 0 saturated carbocycles. The van der Waals surface area contributed by atoms with Gasteiger partial charge in [0.05, 0.1) is 13.7 Å². The van der Waals surface area contributed by atoms with Crippen LogP contribution in [0.5, 0.6) is 5.75 Å². The number of aryl methyl sites for hydroxylation is 1. The molecule has 1 amide bonds. The van der Waals surface area contributed by atoms with Gasteiger partial charge in [-0.3, -0.25) is 4.79 Å². The summed E-state index contributed by atoms with van der Waals surface area (Å²) in [5, 5.41) is 3.08. The molecule has 1 unspecified atom stereocenters. The van der Waals surface area contributed by atoms with E-state index in [4.69, 9.17) is 9.47 Å². The third-order valence-electron chi connectivity index (χ3n) is 4.23. The number of benzene rings is 2.